The molecule has 164 valence electrons. The molecule has 3 aromatic rings. The molecule has 1 aromatic heterocycles. The van der Waals surface area contributed by atoms with Gasteiger partial charge >= 0.3 is 0 Å². The van der Waals surface area contributed by atoms with Crippen LogP contribution in [0.3, 0.4) is 0 Å². The van der Waals surface area contributed by atoms with Crippen molar-refractivity contribution in [2.45, 2.75) is 38.8 Å². The summed E-state index contributed by atoms with van der Waals surface area (Å²) in [6.07, 6.45) is 5.32. The quantitative estimate of drug-likeness (QED) is 0.437. The number of fused-ring (bicyclic) bond motifs is 1. The van der Waals surface area contributed by atoms with Crippen molar-refractivity contribution in [3.63, 3.8) is 0 Å². The van der Waals surface area contributed by atoms with Crippen LogP contribution in [0.2, 0.25) is 5.02 Å². The SMILES string of the molecule is COc1cccc2c1c(C(C)=O)cn2CCCN1CCC(Oc2ccc(Cl)cc2)CC1. The number of aryl methyl sites for hydroxylation is 1. The van der Waals surface area contributed by atoms with Gasteiger partial charge in [-0.15, -0.1) is 0 Å². The van der Waals surface area contributed by atoms with E-state index in [4.69, 9.17) is 21.1 Å². The Morgan fingerprint density at radius 1 is 1.10 bits per heavy atom. The van der Waals surface area contributed by atoms with E-state index in [-0.39, 0.29) is 11.9 Å². The highest BCUT2D eigenvalue weighted by molar-refractivity contribution is 6.30. The van der Waals surface area contributed by atoms with Crippen LogP contribution in [0.15, 0.2) is 48.7 Å². The molecule has 0 aliphatic carbocycles. The molecule has 1 fully saturated rings. The van der Waals surface area contributed by atoms with Gasteiger partial charge in [0.05, 0.1) is 18.0 Å². The Balaban J connectivity index is 1.31. The third kappa shape index (κ3) is 5.05. The summed E-state index contributed by atoms with van der Waals surface area (Å²) in [6, 6.07) is 13.5. The lowest BCUT2D eigenvalue weighted by Crippen LogP contribution is -2.38. The smallest absolute Gasteiger partial charge is 0.162 e. The summed E-state index contributed by atoms with van der Waals surface area (Å²) in [5.41, 5.74) is 1.78. The summed E-state index contributed by atoms with van der Waals surface area (Å²) in [6.45, 7) is 5.60. The lowest BCUT2D eigenvalue weighted by molar-refractivity contribution is 0.0993. The Kier molecular flexibility index (Phi) is 6.83. The minimum atomic E-state index is 0.0657. The van der Waals surface area contributed by atoms with Crippen LogP contribution >= 0.6 is 11.6 Å². The summed E-state index contributed by atoms with van der Waals surface area (Å²) < 4.78 is 13.8. The van der Waals surface area contributed by atoms with Gasteiger partial charge in [0.2, 0.25) is 0 Å². The van der Waals surface area contributed by atoms with Crippen molar-refractivity contribution in [3.05, 3.63) is 59.2 Å². The molecule has 0 saturated carbocycles. The average Bonchev–Trinajstić information content (AvgIpc) is 3.16. The van der Waals surface area contributed by atoms with Crippen molar-refractivity contribution in [2.24, 2.45) is 0 Å². The first-order chi connectivity index (χ1) is 15.0. The number of rotatable bonds is 8. The van der Waals surface area contributed by atoms with Gasteiger partial charge in [-0.3, -0.25) is 4.79 Å². The molecule has 2 heterocycles. The molecule has 0 bridgehead atoms. The lowest BCUT2D eigenvalue weighted by Gasteiger charge is -2.32. The second-order valence-electron chi connectivity index (χ2n) is 8.11. The van der Waals surface area contributed by atoms with E-state index in [1.165, 1.54) is 0 Å². The van der Waals surface area contributed by atoms with Crippen molar-refractivity contribution < 1.29 is 14.3 Å². The molecule has 31 heavy (non-hydrogen) atoms. The second kappa shape index (κ2) is 9.75. The molecule has 1 aliphatic rings. The molecule has 0 atom stereocenters. The maximum atomic E-state index is 12.1. The zero-order valence-corrected chi connectivity index (χ0v) is 18.9. The van der Waals surface area contributed by atoms with Crippen LogP contribution in [0.5, 0.6) is 11.5 Å². The largest absolute Gasteiger partial charge is 0.496 e. The molecule has 0 unspecified atom stereocenters. The van der Waals surface area contributed by atoms with Crippen LogP contribution in [-0.4, -0.2) is 48.1 Å². The molecule has 0 spiro atoms. The van der Waals surface area contributed by atoms with Gasteiger partial charge in [-0.05, 0) is 69.1 Å². The van der Waals surface area contributed by atoms with Gasteiger partial charge in [0.15, 0.2) is 5.78 Å². The second-order valence-corrected chi connectivity index (χ2v) is 8.55. The highest BCUT2D eigenvalue weighted by Crippen LogP contribution is 2.31. The molecule has 1 saturated heterocycles. The van der Waals surface area contributed by atoms with Crippen molar-refractivity contribution >= 4 is 28.3 Å². The Labute approximate surface area is 188 Å². The Morgan fingerprint density at radius 3 is 2.52 bits per heavy atom. The number of hydrogen-bond donors (Lipinski definition) is 0. The highest BCUT2D eigenvalue weighted by atomic mass is 35.5. The van der Waals surface area contributed by atoms with E-state index in [9.17, 15) is 4.79 Å². The standard InChI is InChI=1S/C25H29ClN2O3/c1-18(29)22-17-28(23-5-3-6-24(30-2)25(22)23)14-4-13-27-15-11-21(12-16-27)31-20-9-7-19(26)8-10-20/h3,5-10,17,21H,4,11-16H2,1-2H3. The number of aromatic nitrogens is 1. The predicted molar refractivity (Wildman–Crippen MR) is 125 cm³/mol. The van der Waals surface area contributed by atoms with E-state index in [0.29, 0.717) is 0 Å². The Bertz CT molecular complexity index is 1040. The third-order valence-electron chi connectivity index (χ3n) is 5.99. The fourth-order valence-electron chi connectivity index (χ4n) is 4.36. The first-order valence-corrected chi connectivity index (χ1v) is 11.2. The number of likely N-dealkylation sites (tertiary alicyclic amines) is 1. The maximum Gasteiger partial charge on any atom is 0.162 e. The normalized spacial score (nSPS) is 15.3. The molecule has 0 amide bonds. The van der Waals surface area contributed by atoms with E-state index in [2.05, 4.69) is 15.5 Å². The number of piperidine rings is 1. The van der Waals surface area contributed by atoms with Crippen LogP contribution in [0.4, 0.5) is 0 Å². The molecular formula is C25H29ClN2O3. The molecule has 4 rings (SSSR count). The first-order valence-electron chi connectivity index (χ1n) is 10.9. The number of Topliss-reactive ketones (excluding diaryl/α,β-unsaturated/α-hetero) is 1. The van der Waals surface area contributed by atoms with Gasteiger partial charge in [0, 0.05) is 36.4 Å². The summed E-state index contributed by atoms with van der Waals surface area (Å²) in [5, 5.41) is 1.64. The van der Waals surface area contributed by atoms with Gasteiger partial charge in [0.25, 0.3) is 0 Å². The molecule has 6 heteroatoms. The fraction of sp³-hybridized carbons (Fsp3) is 0.400. The zero-order valence-electron chi connectivity index (χ0n) is 18.1. The molecule has 0 radical (unpaired) electrons. The highest BCUT2D eigenvalue weighted by Gasteiger charge is 2.21. The van der Waals surface area contributed by atoms with Gasteiger partial charge in [0.1, 0.15) is 17.6 Å². The number of carbonyl (C=O) groups excluding carboxylic acids is 1. The van der Waals surface area contributed by atoms with Crippen molar-refractivity contribution in [3.8, 4) is 11.5 Å². The van der Waals surface area contributed by atoms with Crippen LogP contribution in [-0.2, 0) is 6.54 Å². The number of halogens is 1. The van der Waals surface area contributed by atoms with E-state index in [1.807, 2.05) is 42.6 Å². The topological polar surface area (TPSA) is 43.7 Å². The van der Waals surface area contributed by atoms with Crippen LogP contribution in [0, 0.1) is 0 Å². The lowest BCUT2D eigenvalue weighted by atomic mass is 10.1. The Morgan fingerprint density at radius 2 is 1.84 bits per heavy atom. The number of ether oxygens (including phenoxy) is 2. The Hall–Kier alpha value is -2.50. The van der Waals surface area contributed by atoms with Crippen molar-refractivity contribution in [1.29, 1.82) is 0 Å². The number of nitrogens with zero attached hydrogens (tertiary/aromatic N) is 2. The maximum absolute atomic E-state index is 12.1. The van der Waals surface area contributed by atoms with Gasteiger partial charge in [-0.25, -0.2) is 0 Å². The third-order valence-corrected chi connectivity index (χ3v) is 6.24. The van der Waals surface area contributed by atoms with E-state index in [1.54, 1.807) is 14.0 Å². The van der Waals surface area contributed by atoms with Crippen LogP contribution in [0.25, 0.3) is 10.9 Å². The van der Waals surface area contributed by atoms with Crippen LogP contribution in [0.1, 0.15) is 36.5 Å². The fourth-order valence-corrected chi connectivity index (χ4v) is 4.49. The zero-order chi connectivity index (χ0) is 21.8. The summed E-state index contributed by atoms with van der Waals surface area (Å²) in [4.78, 5) is 14.6. The summed E-state index contributed by atoms with van der Waals surface area (Å²) >= 11 is 5.94. The van der Waals surface area contributed by atoms with E-state index in [0.717, 1.165) is 78.4 Å². The summed E-state index contributed by atoms with van der Waals surface area (Å²) in [7, 11) is 1.65. The number of benzene rings is 2. The average molecular weight is 441 g/mol. The minimum Gasteiger partial charge on any atom is -0.496 e. The minimum absolute atomic E-state index is 0.0657. The molecular weight excluding hydrogens is 412 g/mol. The van der Waals surface area contributed by atoms with Gasteiger partial charge < -0.3 is 18.9 Å². The van der Waals surface area contributed by atoms with Crippen molar-refractivity contribution in [2.75, 3.05) is 26.7 Å². The van der Waals surface area contributed by atoms with Gasteiger partial charge in [-0.1, -0.05) is 17.7 Å². The molecule has 5 nitrogen and oxygen atoms in total. The monoisotopic (exact) mass is 440 g/mol. The first kappa shape index (κ1) is 21.7. The summed E-state index contributed by atoms with van der Waals surface area (Å²) in [5.74, 6) is 1.71. The predicted octanol–water partition coefficient (Wildman–Crippen LogP) is 5.44. The molecule has 2 aromatic carbocycles. The van der Waals surface area contributed by atoms with Gasteiger partial charge in [-0.2, -0.15) is 0 Å². The number of hydrogen-bond acceptors (Lipinski definition) is 4. The number of methoxy groups -OCH3 is 1. The van der Waals surface area contributed by atoms with Crippen LogP contribution < -0.4 is 9.47 Å². The van der Waals surface area contributed by atoms with E-state index < -0.39 is 0 Å². The van der Waals surface area contributed by atoms with Crippen molar-refractivity contribution in [1.82, 2.24) is 9.47 Å². The number of ketones is 1. The molecule has 0 N–H and O–H groups in total. The van der Waals surface area contributed by atoms with E-state index >= 15 is 0 Å². The number of carbonyl (C=O) groups is 1. The molecule has 1 aliphatic heterocycles.